The Morgan fingerprint density at radius 2 is 2.12 bits per heavy atom. The number of carbonyl (C=O) groups is 2. The van der Waals surface area contributed by atoms with E-state index in [0.29, 0.717) is 24.1 Å². The van der Waals surface area contributed by atoms with Crippen molar-refractivity contribution in [1.82, 2.24) is 9.88 Å². The summed E-state index contributed by atoms with van der Waals surface area (Å²) in [6.07, 6.45) is 1.93. The predicted octanol–water partition coefficient (Wildman–Crippen LogP) is 0.113. The van der Waals surface area contributed by atoms with Gasteiger partial charge in [0.25, 0.3) is 5.56 Å². The summed E-state index contributed by atoms with van der Waals surface area (Å²) in [6.45, 7) is -0.0220. The van der Waals surface area contributed by atoms with Gasteiger partial charge in [0, 0.05) is 30.8 Å². The number of hydrogen-bond acceptors (Lipinski definition) is 3. The number of Topliss-reactive ketones (excluding diaryl/α,β-unsaturated/α-hetero) is 1. The fourth-order valence-corrected chi connectivity index (χ4v) is 2.09. The maximum absolute atomic E-state index is 11.7. The lowest BCUT2D eigenvalue weighted by molar-refractivity contribution is -0.121. The Hall–Kier alpha value is -1.91. The summed E-state index contributed by atoms with van der Waals surface area (Å²) in [7, 11) is 1.52. The molecule has 2 rings (SSSR count). The smallest absolute Gasteiger partial charge is 0.251 e. The van der Waals surface area contributed by atoms with Crippen LogP contribution in [0.4, 0.5) is 0 Å². The molecule has 0 radical (unpaired) electrons. The van der Waals surface area contributed by atoms with Crippen LogP contribution in [-0.2, 0) is 17.8 Å². The van der Waals surface area contributed by atoms with Gasteiger partial charge in [-0.05, 0) is 18.9 Å². The molecule has 5 nitrogen and oxygen atoms in total. The molecule has 0 saturated heterocycles. The standard InChI is InChI=1S/C12H14N2O3/c1-13-11(16)7-14-9-3-2-4-10(15)8(9)5-6-12(14)17/h5-6H,2-4,7H2,1H3,(H,13,16). The van der Waals surface area contributed by atoms with E-state index in [0.717, 1.165) is 6.42 Å². The van der Waals surface area contributed by atoms with Crippen molar-refractivity contribution in [3.05, 3.63) is 33.7 Å². The lowest BCUT2D eigenvalue weighted by Gasteiger charge is -2.19. The first-order valence-corrected chi connectivity index (χ1v) is 5.60. The highest BCUT2D eigenvalue weighted by atomic mass is 16.2. The summed E-state index contributed by atoms with van der Waals surface area (Å²) in [6, 6.07) is 2.92. The number of rotatable bonds is 2. The van der Waals surface area contributed by atoms with Crippen molar-refractivity contribution in [3.63, 3.8) is 0 Å². The molecule has 90 valence electrons. The minimum absolute atomic E-state index is 0.0220. The molecule has 17 heavy (non-hydrogen) atoms. The largest absolute Gasteiger partial charge is 0.358 e. The molecule has 1 aliphatic rings. The Kier molecular flexibility index (Phi) is 3.08. The van der Waals surface area contributed by atoms with Crippen LogP contribution >= 0.6 is 0 Å². The highest BCUT2D eigenvalue weighted by Gasteiger charge is 2.21. The molecule has 1 aliphatic carbocycles. The van der Waals surface area contributed by atoms with Gasteiger partial charge in [0.1, 0.15) is 6.54 Å². The average molecular weight is 234 g/mol. The molecule has 1 aromatic heterocycles. The van der Waals surface area contributed by atoms with Gasteiger partial charge in [0.15, 0.2) is 5.78 Å². The topological polar surface area (TPSA) is 68.2 Å². The van der Waals surface area contributed by atoms with Crippen LogP contribution in [0.15, 0.2) is 16.9 Å². The minimum Gasteiger partial charge on any atom is -0.358 e. The lowest BCUT2D eigenvalue weighted by Crippen LogP contribution is -2.34. The molecular formula is C12H14N2O3. The van der Waals surface area contributed by atoms with Crippen molar-refractivity contribution in [2.24, 2.45) is 0 Å². The molecular weight excluding hydrogens is 220 g/mol. The Morgan fingerprint density at radius 1 is 1.35 bits per heavy atom. The van der Waals surface area contributed by atoms with E-state index < -0.39 is 0 Å². The monoisotopic (exact) mass is 234 g/mol. The van der Waals surface area contributed by atoms with Crippen molar-refractivity contribution >= 4 is 11.7 Å². The van der Waals surface area contributed by atoms with Crippen LogP contribution in [0.2, 0.25) is 0 Å². The van der Waals surface area contributed by atoms with Crippen LogP contribution in [0.25, 0.3) is 0 Å². The number of nitrogens with zero attached hydrogens (tertiary/aromatic N) is 1. The quantitative estimate of drug-likeness (QED) is 0.790. The lowest BCUT2D eigenvalue weighted by atomic mass is 9.94. The molecule has 1 aromatic rings. The molecule has 1 amide bonds. The van der Waals surface area contributed by atoms with Gasteiger partial charge in [-0.25, -0.2) is 0 Å². The van der Waals surface area contributed by atoms with Crippen molar-refractivity contribution in [2.75, 3.05) is 7.05 Å². The molecule has 0 saturated carbocycles. The Bertz CT molecular complexity index is 531. The number of aromatic nitrogens is 1. The van der Waals surface area contributed by atoms with E-state index >= 15 is 0 Å². The van der Waals surface area contributed by atoms with Gasteiger partial charge in [-0.3, -0.25) is 14.4 Å². The van der Waals surface area contributed by atoms with E-state index in [1.165, 1.54) is 17.7 Å². The number of fused-ring (bicyclic) bond motifs is 1. The van der Waals surface area contributed by atoms with Gasteiger partial charge in [0.2, 0.25) is 5.91 Å². The first-order chi connectivity index (χ1) is 8.13. The Labute approximate surface area is 98.4 Å². The average Bonchev–Trinajstić information content (AvgIpc) is 2.33. The van der Waals surface area contributed by atoms with Crippen LogP contribution in [-0.4, -0.2) is 23.3 Å². The molecule has 0 fully saturated rings. The van der Waals surface area contributed by atoms with Crippen molar-refractivity contribution in [2.45, 2.75) is 25.8 Å². The van der Waals surface area contributed by atoms with E-state index in [1.807, 2.05) is 0 Å². The first kappa shape index (κ1) is 11.6. The van der Waals surface area contributed by atoms with Crippen LogP contribution in [0.5, 0.6) is 0 Å². The summed E-state index contributed by atoms with van der Waals surface area (Å²) in [5.41, 5.74) is 1.04. The third-order valence-corrected chi connectivity index (χ3v) is 2.99. The van der Waals surface area contributed by atoms with Gasteiger partial charge >= 0.3 is 0 Å². The third-order valence-electron chi connectivity index (χ3n) is 2.99. The van der Waals surface area contributed by atoms with Crippen molar-refractivity contribution in [3.8, 4) is 0 Å². The highest BCUT2D eigenvalue weighted by Crippen LogP contribution is 2.19. The summed E-state index contributed by atoms with van der Waals surface area (Å²) < 4.78 is 1.39. The van der Waals surface area contributed by atoms with Gasteiger partial charge in [-0.1, -0.05) is 0 Å². The second kappa shape index (κ2) is 4.53. The number of amides is 1. The van der Waals surface area contributed by atoms with Gasteiger partial charge in [-0.15, -0.1) is 0 Å². The van der Waals surface area contributed by atoms with E-state index in [4.69, 9.17) is 0 Å². The molecule has 5 heteroatoms. The van der Waals surface area contributed by atoms with Gasteiger partial charge < -0.3 is 9.88 Å². The molecule has 0 unspecified atom stereocenters. The van der Waals surface area contributed by atoms with E-state index in [2.05, 4.69) is 5.32 Å². The zero-order valence-corrected chi connectivity index (χ0v) is 9.66. The summed E-state index contributed by atoms with van der Waals surface area (Å²) >= 11 is 0. The second-order valence-corrected chi connectivity index (χ2v) is 4.07. The van der Waals surface area contributed by atoms with Crippen LogP contribution in [0, 0.1) is 0 Å². The first-order valence-electron chi connectivity index (χ1n) is 5.60. The predicted molar refractivity (Wildman–Crippen MR) is 62.0 cm³/mol. The summed E-state index contributed by atoms with van der Waals surface area (Å²) in [4.78, 5) is 34.8. The van der Waals surface area contributed by atoms with Gasteiger partial charge in [-0.2, -0.15) is 0 Å². The molecule has 0 bridgehead atoms. The summed E-state index contributed by atoms with van der Waals surface area (Å²) in [5.74, 6) is -0.185. The number of pyridine rings is 1. The Balaban J connectivity index is 2.50. The number of hydrogen-bond donors (Lipinski definition) is 1. The van der Waals surface area contributed by atoms with E-state index in [9.17, 15) is 14.4 Å². The molecule has 1 N–H and O–H groups in total. The molecule has 0 spiro atoms. The maximum atomic E-state index is 11.7. The fraction of sp³-hybridized carbons (Fsp3) is 0.417. The SMILES string of the molecule is CNC(=O)Cn1c2c(ccc1=O)C(=O)CCC2. The Morgan fingerprint density at radius 3 is 2.82 bits per heavy atom. The van der Waals surface area contributed by atoms with E-state index in [-0.39, 0.29) is 23.8 Å². The van der Waals surface area contributed by atoms with Crippen LogP contribution < -0.4 is 10.9 Å². The zero-order valence-electron chi connectivity index (χ0n) is 9.66. The molecule has 0 aromatic carbocycles. The van der Waals surface area contributed by atoms with Crippen molar-refractivity contribution in [1.29, 1.82) is 0 Å². The highest BCUT2D eigenvalue weighted by molar-refractivity contribution is 5.98. The zero-order chi connectivity index (χ0) is 12.4. The van der Waals surface area contributed by atoms with Crippen molar-refractivity contribution < 1.29 is 9.59 Å². The van der Waals surface area contributed by atoms with Crippen LogP contribution in [0.1, 0.15) is 28.9 Å². The number of ketones is 1. The normalized spacial score (nSPS) is 14.3. The third kappa shape index (κ3) is 2.13. The number of nitrogens with one attached hydrogen (secondary N) is 1. The van der Waals surface area contributed by atoms with Gasteiger partial charge in [0.05, 0.1) is 0 Å². The number of likely N-dealkylation sites (N-methyl/N-ethyl adjacent to an activating group) is 1. The summed E-state index contributed by atoms with van der Waals surface area (Å²) in [5, 5.41) is 2.48. The maximum Gasteiger partial charge on any atom is 0.251 e. The molecule has 0 atom stereocenters. The minimum atomic E-state index is -0.237. The molecule has 1 heterocycles. The van der Waals surface area contributed by atoms with E-state index in [1.54, 1.807) is 6.07 Å². The second-order valence-electron chi connectivity index (χ2n) is 4.07. The molecule has 0 aliphatic heterocycles. The van der Waals surface area contributed by atoms with Crippen LogP contribution in [0.3, 0.4) is 0 Å². The number of carbonyl (C=O) groups excluding carboxylic acids is 2. The fourth-order valence-electron chi connectivity index (χ4n) is 2.09.